The molecular weight excluding hydrogens is 376 g/mol. The van der Waals surface area contributed by atoms with Gasteiger partial charge in [0.1, 0.15) is 10.6 Å². The fraction of sp³-hybridized carbons (Fsp3) is 0.381. The SMILES string of the molecule is COc1ccc(C(=O)NCC(C)c2ccccc2)cc1S(=O)(=O)NC(C)(C)C. The Bertz CT molecular complexity index is 919. The number of sulfonamides is 1. The standard InChI is InChI=1S/C21H28N2O4S/c1-15(16-9-7-6-8-10-16)14-22-20(24)17-11-12-18(27-5)19(13-17)28(25,26)23-21(2,3)4/h6-13,15,23H,14H2,1-5H3,(H,22,24). The average Bonchev–Trinajstić information content (AvgIpc) is 2.64. The molecule has 2 N–H and O–H groups in total. The van der Waals surface area contributed by atoms with E-state index in [0.717, 1.165) is 5.56 Å². The van der Waals surface area contributed by atoms with Crippen molar-refractivity contribution in [3.05, 3.63) is 59.7 Å². The predicted molar refractivity (Wildman–Crippen MR) is 110 cm³/mol. The van der Waals surface area contributed by atoms with Crippen LogP contribution < -0.4 is 14.8 Å². The van der Waals surface area contributed by atoms with Gasteiger partial charge in [-0.3, -0.25) is 4.79 Å². The van der Waals surface area contributed by atoms with E-state index in [4.69, 9.17) is 4.74 Å². The Morgan fingerprint density at radius 3 is 2.32 bits per heavy atom. The number of rotatable bonds is 7. The highest BCUT2D eigenvalue weighted by molar-refractivity contribution is 7.89. The van der Waals surface area contributed by atoms with Gasteiger partial charge in [0.05, 0.1) is 7.11 Å². The predicted octanol–water partition coefficient (Wildman–Crippen LogP) is 3.31. The van der Waals surface area contributed by atoms with Gasteiger partial charge in [0, 0.05) is 17.6 Å². The molecule has 0 aliphatic heterocycles. The van der Waals surface area contributed by atoms with Crippen molar-refractivity contribution in [3.63, 3.8) is 0 Å². The smallest absolute Gasteiger partial charge is 0.251 e. The summed E-state index contributed by atoms with van der Waals surface area (Å²) < 4.78 is 33.2. The van der Waals surface area contributed by atoms with Gasteiger partial charge in [-0.25, -0.2) is 13.1 Å². The quantitative estimate of drug-likeness (QED) is 0.742. The summed E-state index contributed by atoms with van der Waals surface area (Å²) >= 11 is 0. The lowest BCUT2D eigenvalue weighted by atomic mass is 10.0. The van der Waals surface area contributed by atoms with Crippen molar-refractivity contribution in [2.75, 3.05) is 13.7 Å². The van der Waals surface area contributed by atoms with Gasteiger partial charge in [0.15, 0.2) is 0 Å². The molecule has 152 valence electrons. The number of hydrogen-bond acceptors (Lipinski definition) is 4. The molecule has 0 aromatic heterocycles. The molecule has 0 heterocycles. The number of methoxy groups -OCH3 is 1. The molecule has 0 fully saturated rings. The van der Waals surface area contributed by atoms with E-state index < -0.39 is 15.6 Å². The van der Waals surface area contributed by atoms with Crippen LogP contribution in [-0.4, -0.2) is 33.5 Å². The maximum absolute atomic E-state index is 12.7. The van der Waals surface area contributed by atoms with Gasteiger partial charge < -0.3 is 10.1 Å². The Morgan fingerprint density at radius 2 is 1.75 bits per heavy atom. The second kappa shape index (κ2) is 8.75. The lowest BCUT2D eigenvalue weighted by molar-refractivity contribution is 0.0951. The summed E-state index contributed by atoms with van der Waals surface area (Å²) in [6.45, 7) is 7.71. The van der Waals surface area contributed by atoms with Crippen molar-refractivity contribution < 1.29 is 17.9 Å². The van der Waals surface area contributed by atoms with Crippen molar-refractivity contribution in [3.8, 4) is 5.75 Å². The number of benzene rings is 2. The molecule has 7 heteroatoms. The zero-order valence-electron chi connectivity index (χ0n) is 16.9. The van der Waals surface area contributed by atoms with Crippen LogP contribution in [0.3, 0.4) is 0 Å². The summed E-state index contributed by atoms with van der Waals surface area (Å²) in [5, 5.41) is 2.87. The normalized spacial score (nSPS) is 13.0. The highest BCUT2D eigenvalue weighted by Crippen LogP contribution is 2.26. The fourth-order valence-corrected chi connectivity index (χ4v) is 4.35. The minimum atomic E-state index is -3.85. The van der Waals surface area contributed by atoms with Crippen LogP contribution in [0, 0.1) is 0 Å². The molecule has 2 aromatic rings. The van der Waals surface area contributed by atoms with Crippen molar-refractivity contribution in [2.45, 2.75) is 44.0 Å². The molecule has 1 atom stereocenters. The molecular formula is C21H28N2O4S. The van der Waals surface area contributed by atoms with Crippen molar-refractivity contribution >= 4 is 15.9 Å². The summed E-state index contributed by atoms with van der Waals surface area (Å²) in [7, 11) is -2.45. The number of carbonyl (C=O) groups is 1. The third-order valence-corrected chi connectivity index (χ3v) is 5.87. The monoisotopic (exact) mass is 404 g/mol. The Labute approximate surface area is 167 Å². The first-order chi connectivity index (χ1) is 13.0. The summed E-state index contributed by atoms with van der Waals surface area (Å²) in [5.41, 5.74) is 0.721. The highest BCUT2D eigenvalue weighted by Gasteiger charge is 2.26. The Balaban J connectivity index is 2.21. The third-order valence-electron chi connectivity index (χ3n) is 4.09. The maximum atomic E-state index is 12.7. The summed E-state index contributed by atoms with van der Waals surface area (Å²) in [6.07, 6.45) is 0. The molecule has 0 saturated heterocycles. The van der Waals surface area contributed by atoms with E-state index >= 15 is 0 Å². The minimum absolute atomic E-state index is 0.0614. The summed E-state index contributed by atoms with van der Waals surface area (Å²) in [4.78, 5) is 12.5. The molecule has 0 bridgehead atoms. The lowest BCUT2D eigenvalue weighted by Gasteiger charge is -2.21. The van der Waals surface area contributed by atoms with Crippen molar-refractivity contribution in [2.24, 2.45) is 0 Å². The molecule has 0 spiro atoms. The van der Waals surface area contributed by atoms with Crippen LogP contribution in [0.1, 0.15) is 49.5 Å². The van der Waals surface area contributed by atoms with Gasteiger partial charge >= 0.3 is 0 Å². The van der Waals surface area contributed by atoms with E-state index in [1.54, 1.807) is 26.8 Å². The van der Waals surface area contributed by atoms with Crippen LogP contribution in [-0.2, 0) is 10.0 Å². The van der Waals surface area contributed by atoms with Crippen LogP contribution in [0.25, 0.3) is 0 Å². The van der Waals surface area contributed by atoms with Gasteiger partial charge in [-0.2, -0.15) is 0 Å². The molecule has 0 saturated carbocycles. The van der Waals surface area contributed by atoms with E-state index in [2.05, 4.69) is 10.0 Å². The minimum Gasteiger partial charge on any atom is -0.495 e. The molecule has 0 radical (unpaired) electrons. The molecule has 1 unspecified atom stereocenters. The Hall–Kier alpha value is -2.38. The van der Waals surface area contributed by atoms with Crippen LogP contribution >= 0.6 is 0 Å². The van der Waals surface area contributed by atoms with Crippen LogP contribution in [0.5, 0.6) is 5.75 Å². The van der Waals surface area contributed by atoms with Crippen LogP contribution in [0.2, 0.25) is 0 Å². The average molecular weight is 405 g/mol. The molecule has 1 amide bonds. The topological polar surface area (TPSA) is 84.5 Å². The maximum Gasteiger partial charge on any atom is 0.251 e. The molecule has 2 rings (SSSR count). The van der Waals surface area contributed by atoms with Crippen LogP contribution in [0.15, 0.2) is 53.4 Å². The number of hydrogen-bond donors (Lipinski definition) is 2. The summed E-state index contributed by atoms with van der Waals surface area (Å²) in [6, 6.07) is 14.3. The van der Waals surface area contributed by atoms with Gasteiger partial charge in [-0.05, 0) is 50.5 Å². The highest BCUT2D eigenvalue weighted by atomic mass is 32.2. The first-order valence-electron chi connectivity index (χ1n) is 9.08. The molecule has 2 aromatic carbocycles. The molecule has 0 aliphatic rings. The van der Waals surface area contributed by atoms with E-state index in [9.17, 15) is 13.2 Å². The number of nitrogens with one attached hydrogen (secondary N) is 2. The number of carbonyl (C=O) groups excluding carboxylic acids is 1. The van der Waals surface area contributed by atoms with Gasteiger partial charge in [-0.1, -0.05) is 37.3 Å². The number of amides is 1. The van der Waals surface area contributed by atoms with Gasteiger partial charge in [0.2, 0.25) is 10.0 Å². The second-order valence-corrected chi connectivity index (χ2v) is 9.39. The zero-order chi connectivity index (χ0) is 20.9. The van der Waals surface area contributed by atoms with Gasteiger partial charge in [0.25, 0.3) is 5.91 Å². The molecule has 28 heavy (non-hydrogen) atoms. The van der Waals surface area contributed by atoms with Crippen molar-refractivity contribution in [1.29, 1.82) is 0 Å². The first-order valence-corrected chi connectivity index (χ1v) is 10.6. The van der Waals surface area contributed by atoms with Crippen LogP contribution in [0.4, 0.5) is 0 Å². The Kier molecular flexibility index (Phi) is 6.85. The third kappa shape index (κ3) is 5.81. The van der Waals surface area contributed by atoms with Gasteiger partial charge in [-0.15, -0.1) is 0 Å². The van der Waals surface area contributed by atoms with E-state index in [-0.39, 0.29) is 28.0 Å². The zero-order valence-corrected chi connectivity index (χ0v) is 17.8. The first kappa shape index (κ1) is 21.9. The number of ether oxygens (including phenoxy) is 1. The fourth-order valence-electron chi connectivity index (χ4n) is 2.73. The largest absolute Gasteiger partial charge is 0.495 e. The second-order valence-electron chi connectivity index (χ2n) is 7.74. The Morgan fingerprint density at radius 1 is 1.11 bits per heavy atom. The van der Waals surface area contributed by atoms with Crippen molar-refractivity contribution in [1.82, 2.24) is 10.0 Å². The van der Waals surface area contributed by atoms with E-state index in [1.807, 2.05) is 37.3 Å². The summed E-state index contributed by atoms with van der Waals surface area (Å²) in [5.74, 6) is -0.0160. The lowest BCUT2D eigenvalue weighted by Crippen LogP contribution is -2.40. The molecule has 6 nitrogen and oxygen atoms in total. The van der Waals surface area contributed by atoms with E-state index in [0.29, 0.717) is 6.54 Å². The van der Waals surface area contributed by atoms with E-state index in [1.165, 1.54) is 19.2 Å². The molecule has 0 aliphatic carbocycles.